The first-order valence-corrected chi connectivity index (χ1v) is 7.23. The molecular weight excluding hydrogens is 331 g/mol. The number of unbranched alkanes of at least 4 members (excludes halogenated alkanes) is 1. The van der Waals surface area contributed by atoms with Gasteiger partial charge >= 0.3 is 6.18 Å². The molecule has 0 radical (unpaired) electrons. The summed E-state index contributed by atoms with van der Waals surface area (Å²) in [5, 5.41) is 3.20. The predicted molar refractivity (Wildman–Crippen MR) is 78.2 cm³/mol. The van der Waals surface area contributed by atoms with Gasteiger partial charge in [-0.15, -0.1) is 12.3 Å². The number of alkyl halides is 3. The van der Waals surface area contributed by atoms with E-state index in [0.717, 1.165) is 12.8 Å². The highest BCUT2D eigenvalue weighted by atomic mass is 79.9. The monoisotopic (exact) mass is 347 g/mol. The maximum absolute atomic E-state index is 12.9. The van der Waals surface area contributed by atoms with Crippen LogP contribution in [0.15, 0.2) is 22.7 Å². The molecule has 1 atom stereocenters. The highest BCUT2D eigenvalue weighted by Gasteiger charge is 2.33. The summed E-state index contributed by atoms with van der Waals surface area (Å²) in [4.78, 5) is 0. The fourth-order valence-electron chi connectivity index (χ4n) is 2.02. The number of halogens is 4. The van der Waals surface area contributed by atoms with Crippen LogP contribution in [0.1, 0.15) is 43.4 Å². The summed E-state index contributed by atoms with van der Waals surface area (Å²) < 4.78 is 38.8. The van der Waals surface area contributed by atoms with Crippen molar-refractivity contribution in [3.8, 4) is 12.3 Å². The van der Waals surface area contributed by atoms with E-state index in [1.54, 1.807) is 6.07 Å². The zero-order valence-corrected chi connectivity index (χ0v) is 12.8. The van der Waals surface area contributed by atoms with Gasteiger partial charge < -0.3 is 5.32 Å². The number of nitrogens with one attached hydrogen (secondary N) is 1. The molecule has 1 unspecified atom stereocenters. The number of terminal acetylenes is 1. The van der Waals surface area contributed by atoms with E-state index in [1.807, 2.05) is 6.92 Å². The van der Waals surface area contributed by atoms with Crippen molar-refractivity contribution in [2.24, 2.45) is 0 Å². The summed E-state index contributed by atoms with van der Waals surface area (Å²) in [6.07, 6.45) is 2.98. The summed E-state index contributed by atoms with van der Waals surface area (Å²) >= 11 is 2.95. The molecule has 20 heavy (non-hydrogen) atoms. The van der Waals surface area contributed by atoms with Gasteiger partial charge in [-0.05, 0) is 37.1 Å². The van der Waals surface area contributed by atoms with E-state index >= 15 is 0 Å². The van der Waals surface area contributed by atoms with Crippen molar-refractivity contribution in [2.75, 3.05) is 6.54 Å². The highest BCUT2D eigenvalue weighted by molar-refractivity contribution is 9.10. The van der Waals surface area contributed by atoms with Gasteiger partial charge in [-0.2, -0.15) is 13.2 Å². The minimum atomic E-state index is -4.36. The first-order chi connectivity index (χ1) is 9.40. The van der Waals surface area contributed by atoms with Gasteiger partial charge in [0.05, 0.1) is 5.56 Å². The Bertz CT molecular complexity index is 477. The van der Waals surface area contributed by atoms with Gasteiger partial charge in [-0.25, -0.2) is 0 Å². The Morgan fingerprint density at radius 1 is 1.40 bits per heavy atom. The van der Waals surface area contributed by atoms with Crippen LogP contribution in [0, 0.1) is 12.3 Å². The quantitative estimate of drug-likeness (QED) is 0.568. The molecule has 0 heterocycles. The standard InChI is InChI=1S/C15H17BrF3N/c1-3-5-6-7-14(20-4-2)11-8-9-13(16)12(10-11)15(17,18)19/h1,8-10,14,20H,4-7H2,2H3. The Morgan fingerprint density at radius 2 is 2.10 bits per heavy atom. The Balaban J connectivity index is 2.99. The Hall–Kier alpha value is -0.990. The van der Waals surface area contributed by atoms with Gasteiger partial charge in [0.15, 0.2) is 0 Å². The second-order valence-corrected chi connectivity index (χ2v) is 5.30. The Kier molecular flexibility index (Phi) is 6.57. The molecule has 0 aliphatic heterocycles. The van der Waals surface area contributed by atoms with Crippen LogP contribution in [0.4, 0.5) is 13.2 Å². The molecule has 5 heteroatoms. The summed E-state index contributed by atoms with van der Waals surface area (Å²) in [6, 6.07) is 4.25. The third kappa shape index (κ3) is 4.84. The van der Waals surface area contributed by atoms with Crippen LogP contribution in [0.3, 0.4) is 0 Å². The minimum absolute atomic E-state index is 0.0626. The van der Waals surface area contributed by atoms with Gasteiger partial charge in [0.25, 0.3) is 0 Å². The van der Waals surface area contributed by atoms with Crippen molar-refractivity contribution in [3.63, 3.8) is 0 Å². The molecule has 110 valence electrons. The number of hydrogen-bond acceptors (Lipinski definition) is 1. The second kappa shape index (κ2) is 7.70. The second-order valence-electron chi connectivity index (χ2n) is 4.44. The molecule has 0 spiro atoms. The maximum atomic E-state index is 12.9. The molecule has 1 nitrogen and oxygen atoms in total. The van der Waals surface area contributed by atoms with Gasteiger partial charge in [0.1, 0.15) is 0 Å². The van der Waals surface area contributed by atoms with E-state index in [0.29, 0.717) is 18.5 Å². The van der Waals surface area contributed by atoms with E-state index in [4.69, 9.17) is 6.42 Å². The van der Waals surface area contributed by atoms with Gasteiger partial charge in [-0.1, -0.05) is 28.9 Å². The average molecular weight is 348 g/mol. The van der Waals surface area contributed by atoms with E-state index in [2.05, 4.69) is 27.2 Å². The fourth-order valence-corrected chi connectivity index (χ4v) is 2.49. The molecule has 1 aromatic carbocycles. The summed E-state index contributed by atoms with van der Waals surface area (Å²) in [6.45, 7) is 2.62. The molecule has 0 saturated carbocycles. The van der Waals surface area contributed by atoms with E-state index in [-0.39, 0.29) is 10.5 Å². The zero-order chi connectivity index (χ0) is 15.2. The topological polar surface area (TPSA) is 12.0 Å². The average Bonchev–Trinajstić information content (AvgIpc) is 2.37. The third-order valence-corrected chi connectivity index (χ3v) is 3.65. The third-order valence-electron chi connectivity index (χ3n) is 2.96. The smallest absolute Gasteiger partial charge is 0.310 e. The van der Waals surface area contributed by atoms with Gasteiger partial charge in [0, 0.05) is 16.9 Å². The Labute approximate surface area is 126 Å². The lowest BCUT2D eigenvalue weighted by Gasteiger charge is -2.20. The van der Waals surface area contributed by atoms with Crippen molar-refractivity contribution in [3.05, 3.63) is 33.8 Å². The first kappa shape index (κ1) is 17.1. The molecule has 1 N–H and O–H groups in total. The van der Waals surface area contributed by atoms with Crippen LogP contribution in [-0.4, -0.2) is 6.54 Å². The van der Waals surface area contributed by atoms with Crippen molar-refractivity contribution < 1.29 is 13.2 Å². The van der Waals surface area contributed by atoms with Crippen LogP contribution < -0.4 is 5.32 Å². The normalized spacial score (nSPS) is 13.0. The number of benzene rings is 1. The lowest BCUT2D eigenvalue weighted by atomic mass is 9.99. The molecule has 0 aliphatic rings. The largest absolute Gasteiger partial charge is 0.417 e. The van der Waals surface area contributed by atoms with E-state index in [1.165, 1.54) is 12.1 Å². The molecule has 0 fully saturated rings. The van der Waals surface area contributed by atoms with Crippen molar-refractivity contribution in [2.45, 2.75) is 38.4 Å². The first-order valence-electron chi connectivity index (χ1n) is 6.43. The molecule has 0 amide bonds. The fraction of sp³-hybridized carbons (Fsp3) is 0.467. The Morgan fingerprint density at radius 3 is 2.65 bits per heavy atom. The van der Waals surface area contributed by atoms with Crippen LogP contribution in [0.25, 0.3) is 0 Å². The van der Waals surface area contributed by atoms with Crippen LogP contribution in [-0.2, 0) is 6.18 Å². The summed E-state index contributed by atoms with van der Waals surface area (Å²) in [5.41, 5.74) is -0.00532. The highest BCUT2D eigenvalue weighted by Crippen LogP contribution is 2.36. The molecule has 0 aromatic heterocycles. The van der Waals surface area contributed by atoms with E-state index in [9.17, 15) is 13.2 Å². The van der Waals surface area contributed by atoms with Crippen molar-refractivity contribution in [1.29, 1.82) is 0 Å². The van der Waals surface area contributed by atoms with Gasteiger partial charge in [0.2, 0.25) is 0 Å². The van der Waals surface area contributed by atoms with E-state index < -0.39 is 11.7 Å². The molecule has 0 aliphatic carbocycles. The van der Waals surface area contributed by atoms with Crippen LogP contribution in [0.5, 0.6) is 0 Å². The molecule has 0 bridgehead atoms. The van der Waals surface area contributed by atoms with Crippen molar-refractivity contribution in [1.82, 2.24) is 5.32 Å². The molecular formula is C15H17BrF3N. The van der Waals surface area contributed by atoms with Crippen LogP contribution in [0.2, 0.25) is 0 Å². The van der Waals surface area contributed by atoms with Crippen molar-refractivity contribution >= 4 is 15.9 Å². The summed E-state index contributed by atoms with van der Waals surface area (Å²) in [7, 11) is 0. The lowest BCUT2D eigenvalue weighted by Crippen LogP contribution is -2.21. The molecule has 1 rings (SSSR count). The number of rotatable bonds is 6. The number of hydrogen-bond donors (Lipinski definition) is 1. The maximum Gasteiger partial charge on any atom is 0.417 e. The zero-order valence-electron chi connectivity index (χ0n) is 11.2. The minimum Gasteiger partial charge on any atom is -0.310 e. The molecule has 0 saturated heterocycles. The SMILES string of the molecule is C#CCCCC(NCC)c1ccc(Br)c(C(F)(F)F)c1. The summed E-state index contributed by atoms with van der Waals surface area (Å²) in [5.74, 6) is 2.55. The van der Waals surface area contributed by atoms with Gasteiger partial charge in [-0.3, -0.25) is 0 Å². The lowest BCUT2D eigenvalue weighted by molar-refractivity contribution is -0.138. The van der Waals surface area contributed by atoms with Crippen LogP contribution >= 0.6 is 15.9 Å². The molecule has 1 aromatic rings. The predicted octanol–water partition coefficient (Wildman–Crippen LogP) is 4.92.